The van der Waals surface area contributed by atoms with Crippen LogP contribution in [0.25, 0.3) is 0 Å². The van der Waals surface area contributed by atoms with Gasteiger partial charge < -0.3 is 10.4 Å². The summed E-state index contributed by atoms with van der Waals surface area (Å²) in [5, 5.41) is 13.4. The maximum Gasteiger partial charge on any atom is 0.238 e. The smallest absolute Gasteiger partial charge is 0.238 e. The third-order valence-corrected chi connectivity index (χ3v) is 4.25. The first-order chi connectivity index (χ1) is 9.37. The van der Waals surface area contributed by atoms with E-state index in [9.17, 15) is 9.90 Å². The minimum atomic E-state index is -0.587. The number of likely N-dealkylation sites (tertiary alicyclic amines) is 1. The van der Waals surface area contributed by atoms with Gasteiger partial charge in [-0.05, 0) is 44.4 Å². The number of hydrogen-bond donors (Lipinski definition) is 2. The van der Waals surface area contributed by atoms with Gasteiger partial charge in [-0.2, -0.15) is 0 Å². The fraction of sp³-hybridized carbons (Fsp3) is 0.533. The lowest BCUT2D eigenvalue weighted by Gasteiger charge is -2.35. The number of piperidine rings is 1. The molecule has 1 aromatic rings. The van der Waals surface area contributed by atoms with Crippen LogP contribution in [0, 0.1) is 6.92 Å². The van der Waals surface area contributed by atoms with Gasteiger partial charge in [-0.25, -0.2) is 0 Å². The van der Waals surface area contributed by atoms with E-state index in [-0.39, 0.29) is 5.91 Å². The molecule has 1 amide bonds. The Balaban J connectivity index is 1.89. The van der Waals surface area contributed by atoms with Crippen LogP contribution in [0.15, 0.2) is 18.2 Å². The molecule has 110 valence electrons. The number of rotatable bonds is 3. The highest BCUT2D eigenvalue weighted by Gasteiger charge is 2.28. The molecule has 5 heteroatoms. The molecule has 0 aromatic heterocycles. The zero-order valence-electron chi connectivity index (χ0n) is 11.9. The first-order valence-electron chi connectivity index (χ1n) is 6.87. The molecule has 20 heavy (non-hydrogen) atoms. The summed E-state index contributed by atoms with van der Waals surface area (Å²) in [7, 11) is 0. The van der Waals surface area contributed by atoms with Gasteiger partial charge >= 0.3 is 0 Å². The number of hydrogen-bond acceptors (Lipinski definition) is 3. The predicted molar refractivity (Wildman–Crippen MR) is 81.1 cm³/mol. The first kappa shape index (κ1) is 15.3. The van der Waals surface area contributed by atoms with Gasteiger partial charge in [0.1, 0.15) is 0 Å². The van der Waals surface area contributed by atoms with Crippen LogP contribution in [-0.4, -0.2) is 41.1 Å². The van der Waals surface area contributed by atoms with Crippen molar-refractivity contribution in [3.8, 4) is 0 Å². The van der Waals surface area contributed by atoms with Gasteiger partial charge in [0.2, 0.25) is 5.91 Å². The number of aliphatic hydroxyl groups is 1. The van der Waals surface area contributed by atoms with Gasteiger partial charge in [0.15, 0.2) is 0 Å². The van der Waals surface area contributed by atoms with Crippen molar-refractivity contribution >= 4 is 23.2 Å². The number of carbonyl (C=O) groups excluding carboxylic acids is 1. The van der Waals surface area contributed by atoms with Crippen LogP contribution in [0.2, 0.25) is 5.02 Å². The molecule has 2 rings (SSSR count). The molecule has 1 fully saturated rings. The van der Waals surface area contributed by atoms with Crippen molar-refractivity contribution < 1.29 is 9.90 Å². The van der Waals surface area contributed by atoms with E-state index < -0.39 is 5.60 Å². The molecule has 0 radical (unpaired) electrons. The number of nitrogens with zero attached hydrogens (tertiary/aromatic N) is 1. The standard InChI is InChI=1S/C15H21ClN2O2/c1-11-12(16)4-3-5-13(11)17-14(19)10-18-8-6-15(2,20)7-9-18/h3-5,20H,6-10H2,1-2H3,(H,17,19). The van der Waals surface area contributed by atoms with Gasteiger partial charge in [0, 0.05) is 23.8 Å². The predicted octanol–water partition coefficient (Wildman–Crippen LogP) is 2.43. The topological polar surface area (TPSA) is 52.6 Å². The molecule has 1 aliphatic rings. The second-order valence-corrected chi connectivity index (χ2v) is 6.14. The second-order valence-electron chi connectivity index (χ2n) is 5.73. The lowest BCUT2D eigenvalue weighted by molar-refractivity contribution is -0.118. The molecule has 1 heterocycles. The Morgan fingerprint density at radius 2 is 2.10 bits per heavy atom. The van der Waals surface area contributed by atoms with E-state index in [1.165, 1.54) is 0 Å². The van der Waals surface area contributed by atoms with Crippen molar-refractivity contribution in [2.75, 3.05) is 25.0 Å². The van der Waals surface area contributed by atoms with E-state index in [4.69, 9.17) is 11.6 Å². The Kier molecular flexibility index (Phi) is 4.68. The van der Waals surface area contributed by atoms with Crippen LogP contribution in [0.5, 0.6) is 0 Å². The van der Waals surface area contributed by atoms with Gasteiger partial charge in [-0.1, -0.05) is 17.7 Å². The molecular weight excluding hydrogens is 276 g/mol. The number of benzene rings is 1. The van der Waals surface area contributed by atoms with Crippen molar-refractivity contribution in [1.29, 1.82) is 0 Å². The summed E-state index contributed by atoms with van der Waals surface area (Å²) in [5.74, 6) is -0.0445. The molecule has 0 atom stereocenters. The van der Waals surface area contributed by atoms with Crippen LogP contribution in [0.4, 0.5) is 5.69 Å². The molecule has 2 N–H and O–H groups in total. The van der Waals surface area contributed by atoms with Crippen molar-refractivity contribution in [3.63, 3.8) is 0 Å². The van der Waals surface area contributed by atoms with E-state index in [0.717, 1.165) is 24.3 Å². The number of anilines is 1. The number of carbonyl (C=O) groups is 1. The average Bonchev–Trinajstić information content (AvgIpc) is 2.38. The Bertz CT molecular complexity index is 493. The maximum atomic E-state index is 12.0. The lowest BCUT2D eigenvalue weighted by Crippen LogP contribution is -2.45. The van der Waals surface area contributed by atoms with E-state index in [1.807, 2.05) is 26.0 Å². The van der Waals surface area contributed by atoms with E-state index in [0.29, 0.717) is 24.4 Å². The molecule has 0 unspecified atom stereocenters. The minimum Gasteiger partial charge on any atom is -0.390 e. The quantitative estimate of drug-likeness (QED) is 0.901. The van der Waals surface area contributed by atoms with Crippen molar-refractivity contribution in [1.82, 2.24) is 4.90 Å². The zero-order chi connectivity index (χ0) is 14.8. The van der Waals surface area contributed by atoms with E-state index >= 15 is 0 Å². The molecule has 0 spiro atoms. The number of halogens is 1. The average molecular weight is 297 g/mol. The summed E-state index contributed by atoms with van der Waals surface area (Å²) in [5.41, 5.74) is 1.05. The highest BCUT2D eigenvalue weighted by atomic mass is 35.5. The summed E-state index contributed by atoms with van der Waals surface area (Å²) in [6, 6.07) is 5.47. The molecule has 1 aromatic carbocycles. The summed E-state index contributed by atoms with van der Waals surface area (Å²) in [6.07, 6.45) is 1.41. The third kappa shape index (κ3) is 3.95. The summed E-state index contributed by atoms with van der Waals surface area (Å²) < 4.78 is 0. The SMILES string of the molecule is Cc1c(Cl)cccc1NC(=O)CN1CCC(C)(O)CC1. The molecule has 0 aliphatic carbocycles. The third-order valence-electron chi connectivity index (χ3n) is 3.84. The lowest BCUT2D eigenvalue weighted by atomic mass is 9.94. The van der Waals surface area contributed by atoms with E-state index in [2.05, 4.69) is 10.2 Å². The Labute approximate surface area is 124 Å². The van der Waals surface area contributed by atoms with Crippen molar-refractivity contribution in [2.45, 2.75) is 32.3 Å². The summed E-state index contributed by atoms with van der Waals surface area (Å²) in [4.78, 5) is 14.1. The second kappa shape index (κ2) is 6.12. The van der Waals surface area contributed by atoms with Crippen LogP contribution in [0.1, 0.15) is 25.3 Å². The number of nitrogens with one attached hydrogen (secondary N) is 1. The van der Waals surface area contributed by atoms with Gasteiger partial charge in [-0.15, -0.1) is 0 Å². The fourth-order valence-corrected chi connectivity index (χ4v) is 2.50. The van der Waals surface area contributed by atoms with Gasteiger partial charge in [0.25, 0.3) is 0 Å². The van der Waals surface area contributed by atoms with Gasteiger partial charge in [-0.3, -0.25) is 9.69 Å². The molecule has 1 aliphatic heterocycles. The van der Waals surface area contributed by atoms with Crippen LogP contribution in [-0.2, 0) is 4.79 Å². The van der Waals surface area contributed by atoms with Crippen LogP contribution >= 0.6 is 11.6 Å². The fourth-order valence-electron chi connectivity index (χ4n) is 2.33. The van der Waals surface area contributed by atoms with E-state index in [1.54, 1.807) is 6.07 Å². The monoisotopic (exact) mass is 296 g/mol. The molecule has 0 saturated carbocycles. The molecule has 0 bridgehead atoms. The van der Waals surface area contributed by atoms with Crippen LogP contribution in [0.3, 0.4) is 0 Å². The normalized spacial score (nSPS) is 18.8. The maximum absolute atomic E-state index is 12.0. The Morgan fingerprint density at radius 3 is 2.75 bits per heavy atom. The van der Waals surface area contributed by atoms with Crippen molar-refractivity contribution in [3.05, 3.63) is 28.8 Å². The summed E-state index contributed by atoms with van der Waals surface area (Å²) in [6.45, 7) is 5.57. The molecule has 1 saturated heterocycles. The highest BCUT2D eigenvalue weighted by molar-refractivity contribution is 6.31. The Morgan fingerprint density at radius 1 is 1.45 bits per heavy atom. The minimum absolute atomic E-state index is 0.0445. The number of amides is 1. The van der Waals surface area contributed by atoms with Crippen LogP contribution < -0.4 is 5.32 Å². The molecular formula is C15H21ClN2O2. The Hall–Kier alpha value is -1.10. The highest BCUT2D eigenvalue weighted by Crippen LogP contribution is 2.23. The molecule has 4 nitrogen and oxygen atoms in total. The summed E-state index contributed by atoms with van der Waals surface area (Å²) >= 11 is 6.03. The zero-order valence-corrected chi connectivity index (χ0v) is 12.7. The van der Waals surface area contributed by atoms with Crippen molar-refractivity contribution in [2.24, 2.45) is 0 Å². The first-order valence-corrected chi connectivity index (χ1v) is 7.25. The largest absolute Gasteiger partial charge is 0.390 e. The van der Waals surface area contributed by atoms with Gasteiger partial charge in [0.05, 0.1) is 12.1 Å².